The van der Waals surface area contributed by atoms with Gasteiger partial charge < -0.3 is 14.7 Å². The van der Waals surface area contributed by atoms with Crippen molar-refractivity contribution in [2.75, 3.05) is 39.8 Å². The van der Waals surface area contributed by atoms with E-state index in [1.807, 2.05) is 7.11 Å². The number of aliphatic carboxylic acids is 1. The fourth-order valence-electron chi connectivity index (χ4n) is 3.34. The van der Waals surface area contributed by atoms with Gasteiger partial charge in [0.2, 0.25) is 0 Å². The summed E-state index contributed by atoms with van der Waals surface area (Å²) in [6, 6.07) is 0.570. The normalized spacial score (nSPS) is 30.4. The van der Waals surface area contributed by atoms with Crippen LogP contribution in [-0.4, -0.2) is 72.9 Å². The van der Waals surface area contributed by atoms with Crippen LogP contribution in [0, 0.1) is 0 Å². The summed E-state index contributed by atoms with van der Waals surface area (Å²) in [6.45, 7) is 4.75. The molecule has 1 saturated carbocycles. The van der Waals surface area contributed by atoms with Gasteiger partial charge in [-0.15, -0.1) is 0 Å². The molecule has 1 saturated heterocycles. The van der Waals surface area contributed by atoms with E-state index in [1.54, 1.807) is 0 Å². The van der Waals surface area contributed by atoms with Crippen molar-refractivity contribution in [3.05, 3.63) is 0 Å². The summed E-state index contributed by atoms with van der Waals surface area (Å²) in [5, 5.41) is 8.71. The average Bonchev–Trinajstić information content (AvgIpc) is 2.45. The highest BCUT2D eigenvalue weighted by molar-refractivity contribution is 5.66. The molecule has 5 nitrogen and oxygen atoms in total. The molecular weight excluding hydrogens is 244 g/mol. The first-order valence-corrected chi connectivity index (χ1v) is 7.41. The molecule has 0 spiro atoms. The van der Waals surface area contributed by atoms with Crippen LogP contribution in [0.4, 0.5) is 0 Å². The van der Waals surface area contributed by atoms with Gasteiger partial charge >= 0.3 is 5.97 Å². The third kappa shape index (κ3) is 4.16. The summed E-state index contributed by atoms with van der Waals surface area (Å²) in [5.74, 6) is -0.700. The molecule has 110 valence electrons. The van der Waals surface area contributed by atoms with Crippen molar-refractivity contribution in [3.63, 3.8) is 0 Å². The smallest absolute Gasteiger partial charge is 0.304 e. The Morgan fingerprint density at radius 3 is 2.53 bits per heavy atom. The third-order valence-corrected chi connectivity index (χ3v) is 4.49. The van der Waals surface area contributed by atoms with E-state index in [-0.39, 0.29) is 6.42 Å². The van der Waals surface area contributed by atoms with E-state index in [0.29, 0.717) is 18.7 Å². The topological polar surface area (TPSA) is 53.0 Å². The molecule has 0 amide bonds. The van der Waals surface area contributed by atoms with Gasteiger partial charge in [0.1, 0.15) is 0 Å². The maximum absolute atomic E-state index is 10.6. The van der Waals surface area contributed by atoms with Crippen LogP contribution in [0.5, 0.6) is 0 Å². The predicted molar refractivity (Wildman–Crippen MR) is 73.3 cm³/mol. The minimum absolute atomic E-state index is 0.254. The molecule has 5 heteroatoms. The van der Waals surface area contributed by atoms with Crippen molar-refractivity contribution in [1.82, 2.24) is 9.80 Å². The molecule has 1 aliphatic carbocycles. The van der Waals surface area contributed by atoms with Crippen molar-refractivity contribution < 1.29 is 14.6 Å². The molecule has 2 fully saturated rings. The maximum Gasteiger partial charge on any atom is 0.304 e. The SMILES string of the molecule is COC1CCCCC1N1CCN(CCC(=O)O)CC1. The second kappa shape index (κ2) is 7.22. The van der Waals surface area contributed by atoms with Crippen LogP contribution >= 0.6 is 0 Å². The largest absolute Gasteiger partial charge is 0.481 e. The zero-order valence-electron chi connectivity index (χ0n) is 11.9. The first-order chi connectivity index (χ1) is 9.20. The van der Waals surface area contributed by atoms with Crippen molar-refractivity contribution in [2.24, 2.45) is 0 Å². The zero-order valence-corrected chi connectivity index (χ0v) is 11.9. The third-order valence-electron chi connectivity index (χ3n) is 4.49. The highest BCUT2D eigenvalue weighted by Crippen LogP contribution is 2.26. The molecule has 2 aliphatic rings. The van der Waals surface area contributed by atoms with E-state index in [0.717, 1.165) is 26.2 Å². The van der Waals surface area contributed by atoms with E-state index >= 15 is 0 Å². The standard InChI is InChI=1S/C14H26N2O3/c1-19-13-5-3-2-4-12(13)16-10-8-15(9-11-16)7-6-14(17)18/h12-13H,2-11H2,1H3,(H,17,18). The number of carboxylic acids is 1. The second-order valence-corrected chi connectivity index (χ2v) is 5.65. The molecule has 2 unspecified atom stereocenters. The Morgan fingerprint density at radius 1 is 1.21 bits per heavy atom. The first-order valence-electron chi connectivity index (χ1n) is 7.41. The highest BCUT2D eigenvalue weighted by Gasteiger charge is 2.31. The van der Waals surface area contributed by atoms with Gasteiger partial charge in [-0.2, -0.15) is 0 Å². The Kier molecular flexibility index (Phi) is 5.60. The Bertz CT molecular complexity index is 290. The highest BCUT2D eigenvalue weighted by atomic mass is 16.5. The average molecular weight is 270 g/mol. The molecule has 1 heterocycles. The molecule has 1 N–H and O–H groups in total. The van der Waals surface area contributed by atoms with E-state index in [9.17, 15) is 4.79 Å². The van der Waals surface area contributed by atoms with Gasteiger partial charge in [0.15, 0.2) is 0 Å². The summed E-state index contributed by atoms with van der Waals surface area (Å²) in [6.07, 6.45) is 5.66. The minimum atomic E-state index is -0.700. The van der Waals surface area contributed by atoms with E-state index in [4.69, 9.17) is 9.84 Å². The van der Waals surface area contributed by atoms with Crippen LogP contribution in [0.1, 0.15) is 32.1 Å². The lowest BCUT2D eigenvalue weighted by molar-refractivity contribution is -0.137. The molecule has 2 atom stereocenters. The Morgan fingerprint density at radius 2 is 1.89 bits per heavy atom. The van der Waals surface area contributed by atoms with Gasteiger partial charge in [-0.1, -0.05) is 12.8 Å². The summed E-state index contributed by atoms with van der Waals surface area (Å²) < 4.78 is 5.63. The monoisotopic (exact) mass is 270 g/mol. The van der Waals surface area contributed by atoms with Gasteiger partial charge in [0.05, 0.1) is 12.5 Å². The van der Waals surface area contributed by atoms with Crippen molar-refractivity contribution >= 4 is 5.97 Å². The fraction of sp³-hybridized carbons (Fsp3) is 0.929. The Labute approximate surface area is 115 Å². The van der Waals surface area contributed by atoms with Gasteiger partial charge in [-0.25, -0.2) is 0 Å². The van der Waals surface area contributed by atoms with Crippen LogP contribution in [0.25, 0.3) is 0 Å². The lowest BCUT2D eigenvalue weighted by Gasteiger charge is -2.43. The molecule has 0 aromatic carbocycles. The zero-order chi connectivity index (χ0) is 13.7. The number of ether oxygens (including phenoxy) is 1. The van der Waals surface area contributed by atoms with Gasteiger partial charge in [0.25, 0.3) is 0 Å². The van der Waals surface area contributed by atoms with Crippen LogP contribution in [0.15, 0.2) is 0 Å². The van der Waals surface area contributed by atoms with Gasteiger partial charge in [-0.05, 0) is 12.8 Å². The Hall–Kier alpha value is -0.650. The minimum Gasteiger partial charge on any atom is -0.481 e. The van der Waals surface area contributed by atoms with Crippen molar-refractivity contribution in [2.45, 2.75) is 44.2 Å². The molecule has 1 aliphatic heterocycles. The lowest BCUT2D eigenvalue weighted by atomic mass is 9.91. The number of hydrogen-bond acceptors (Lipinski definition) is 4. The van der Waals surface area contributed by atoms with Crippen molar-refractivity contribution in [1.29, 1.82) is 0 Å². The number of rotatable bonds is 5. The molecular formula is C14H26N2O3. The van der Waals surface area contributed by atoms with Gasteiger partial charge in [-0.3, -0.25) is 9.69 Å². The van der Waals surface area contributed by atoms with Crippen molar-refractivity contribution in [3.8, 4) is 0 Å². The second-order valence-electron chi connectivity index (χ2n) is 5.65. The van der Waals surface area contributed by atoms with Crippen LogP contribution < -0.4 is 0 Å². The van der Waals surface area contributed by atoms with Gasteiger partial charge in [0, 0.05) is 45.9 Å². The van der Waals surface area contributed by atoms with Crippen LogP contribution in [-0.2, 0) is 9.53 Å². The van der Waals surface area contributed by atoms with Crippen LogP contribution in [0.3, 0.4) is 0 Å². The summed E-state index contributed by atoms with van der Waals surface area (Å²) in [7, 11) is 1.83. The first kappa shape index (κ1) is 14.8. The molecule has 19 heavy (non-hydrogen) atoms. The fourth-order valence-corrected chi connectivity index (χ4v) is 3.34. The maximum atomic E-state index is 10.6. The number of nitrogens with zero attached hydrogens (tertiary/aromatic N) is 2. The van der Waals surface area contributed by atoms with Crippen LogP contribution in [0.2, 0.25) is 0 Å². The summed E-state index contributed by atoms with van der Waals surface area (Å²) in [4.78, 5) is 15.4. The van der Waals surface area contributed by atoms with E-state index in [1.165, 1.54) is 25.7 Å². The molecule has 2 rings (SSSR count). The number of hydrogen-bond donors (Lipinski definition) is 1. The summed E-state index contributed by atoms with van der Waals surface area (Å²) >= 11 is 0. The quantitative estimate of drug-likeness (QED) is 0.809. The molecule has 0 bridgehead atoms. The number of methoxy groups -OCH3 is 1. The molecule has 0 radical (unpaired) electrons. The van der Waals surface area contributed by atoms with E-state index < -0.39 is 5.97 Å². The lowest BCUT2D eigenvalue weighted by Crippen LogP contribution is -2.54. The predicted octanol–water partition coefficient (Wildman–Crippen LogP) is 1.04. The number of carbonyl (C=O) groups is 1. The summed E-state index contributed by atoms with van der Waals surface area (Å²) in [5.41, 5.74) is 0. The number of piperazine rings is 1. The molecule has 0 aromatic rings. The molecule has 0 aromatic heterocycles. The Balaban J connectivity index is 1.77. The number of carboxylic acid groups (broad SMARTS) is 1. The van der Waals surface area contributed by atoms with E-state index in [2.05, 4.69) is 9.80 Å².